The Morgan fingerprint density at radius 1 is 1.45 bits per heavy atom. The SMILES string of the molecule is CCc1oc(C(=O)N2CCC(CCNC)CC2)cc1C. The van der Waals surface area contributed by atoms with Crippen LogP contribution in [0.2, 0.25) is 0 Å². The van der Waals surface area contributed by atoms with E-state index in [1.165, 1.54) is 6.42 Å². The van der Waals surface area contributed by atoms with Gasteiger partial charge in [0.1, 0.15) is 5.76 Å². The molecule has 0 unspecified atom stereocenters. The summed E-state index contributed by atoms with van der Waals surface area (Å²) in [6.45, 7) is 6.83. The molecule has 0 radical (unpaired) electrons. The molecule has 2 heterocycles. The molecule has 0 saturated carbocycles. The standard InChI is InChI=1S/C16H26N2O2/c1-4-14-12(2)11-15(20-14)16(19)18-9-6-13(7-10-18)5-8-17-3/h11,13,17H,4-10H2,1-3H3. The number of rotatable bonds is 5. The van der Waals surface area contributed by atoms with Crippen LogP contribution < -0.4 is 5.32 Å². The summed E-state index contributed by atoms with van der Waals surface area (Å²) in [5.41, 5.74) is 1.08. The average molecular weight is 278 g/mol. The van der Waals surface area contributed by atoms with Crippen molar-refractivity contribution in [2.45, 2.75) is 39.5 Å². The molecule has 0 spiro atoms. The molecule has 0 aliphatic carbocycles. The zero-order valence-electron chi connectivity index (χ0n) is 12.9. The molecule has 0 atom stereocenters. The van der Waals surface area contributed by atoms with Gasteiger partial charge in [-0.2, -0.15) is 0 Å². The smallest absolute Gasteiger partial charge is 0.289 e. The Bertz CT molecular complexity index is 445. The molecule has 1 fully saturated rings. The minimum atomic E-state index is 0.0554. The lowest BCUT2D eigenvalue weighted by atomic mass is 9.93. The summed E-state index contributed by atoms with van der Waals surface area (Å²) in [4.78, 5) is 14.4. The van der Waals surface area contributed by atoms with Gasteiger partial charge in [0.05, 0.1) is 0 Å². The highest BCUT2D eigenvalue weighted by atomic mass is 16.4. The van der Waals surface area contributed by atoms with Gasteiger partial charge in [0.15, 0.2) is 5.76 Å². The van der Waals surface area contributed by atoms with Crippen molar-refractivity contribution in [2.75, 3.05) is 26.7 Å². The maximum atomic E-state index is 12.4. The molecule has 112 valence electrons. The summed E-state index contributed by atoms with van der Waals surface area (Å²) in [6.07, 6.45) is 4.26. The summed E-state index contributed by atoms with van der Waals surface area (Å²) < 4.78 is 5.67. The predicted octanol–water partition coefficient (Wildman–Crippen LogP) is 2.61. The van der Waals surface area contributed by atoms with Gasteiger partial charge >= 0.3 is 0 Å². The van der Waals surface area contributed by atoms with Gasteiger partial charge in [0.2, 0.25) is 0 Å². The van der Waals surface area contributed by atoms with Gasteiger partial charge < -0.3 is 14.6 Å². The van der Waals surface area contributed by atoms with E-state index in [0.717, 1.165) is 56.1 Å². The van der Waals surface area contributed by atoms with Gasteiger partial charge in [-0.3, -0.25) is 4.79 Å². The number of aryl methyl sites for hydroxylation is 2. The number of furan rings is 1. The quantitative estimate of drug-likeness (QED) is 0.900. The van der Waals surface area contributed by atoms with Crippen molar-refractivity contribution in [3.8, 4) is 0 Å². The zero-order chi connectivity index (χ0) is 14.5. The van der Waals surface area contributed by atoms with Crippen LogP contribution in [0, 0.1) is 12.8 Å². The lowest BCUT2D eigenvalue weighted by Crippen LogP contribution is -2.38. The fourth-order valence-electron chi connectivity index (χ4n) is 2.91. The number of hydrogen-bond acceptors (Lipinski definition) is 3. The van der Waals surface area contributed by atoms with Crippen molar-refractivity contribution >= 4 is 5.91 Å². The molecule has 1 saturated heterocycles. The Labute approximate surface area is 121 Å². The van der Waals surface area contributed by atoms with Gasteiger partial charge in [-0.1, -0.05) is 6.92 Å². The van der Waals surface area contributed by atoms with Crippen molar-refractivity contribution in [1.82, 2.24) is 10.2 Å². The monoisotopic (exact) mass is 278 g/mol. The van der Waals surface area contributed by atoms with Crippen molar-refractivity contribution in [2.24, 2.45) is 5.92 Å². The van der Waals surface area contributed by atoms with E-state index in [0.29, 0.717) is 5.76 Å². The average Bonchev–Trinajstić information content (AvgIpc) is 2.86. The second kappa shape index (κ2) is 6.93. The number of likely N-dealkylation sites (tertiary alicyclic amines) is 1. The van der Waals surface area contributed by atoms with Crippen LogP contribution in [0.25, 0.3) is 0 Å². The van der Waals surface area contributed by atoms with E-state index in [4.69, 9.17) is 4.42 Å². The maximum Gasteiger partial charge on any atom is 0.289 e. The van der Waals surface area contributed by atoms with E-state index in [2.05, 4.69) is 5.32 Å². The third kappa shape index (κ3) is 3.42. The van der Waals surface area contributed by atoms with E-state index in [1.807, 2.05) is 31.9 Å². The van der Waals surface area contributed by atoms with Gasteiger partial charge in [-0.25, -0.2) is 0 Å². The predicted molar refractivity (Wildman–Crippen MR) is 80.0 cm³/mol. The van der Waals surface area contributed by atoms with E-state index in [9.17, 15) is 4.79 Å². The van der Waals surface area contributed by atoms with Crippen LogP contribution in [0.15, 0.2) is 10.5 Å². The van der Waals surface area contributed by atoms with Gasteiger partial charge in [0, 0.05) is 19.5 Å². The molecule has 20 heavy (non-hydrogen) atoms. The molecule has 1 aromatic rings. The number of piperidine rings is 1. The van der Waals surface area contributed by atoms with Crippen LogP contribution in [-0.4, -0.2) is 37.5 Å². The van der Waals surface area contributed by atoms with Crippen molar-refractivity contribution in [1.29, 1.82) is 0 Å². The molecular formula is C16H26N2O2. The van der Waals surface area contributed by atoms with Crippen molar-refractivity contribution in [3.05, 3.63) is 23.2 Å². The number of carbonyl (C=O) groups excluding carboxylic acids is 1. The highest BCUT2D eigenvalue weighted by molar-refractivity contribution is 5.91. The van der Waals surface area contributed by atoms with Gasteiger partial charge in [-0.15, -0.1) is 0 Å². The van der Waals surface area contributed by atoms with Crippen LogP contribution in [0.1, 0.15) is 48.1 Å². The second-order valence-corrected chi connectivity index (χ2v) is 5.70. The third-order valence-electron chi connectivity index (χ3n) is 4.26. The topological polar surface area (TPSA) is 45.5 Å². The molecule has 4 nitrogen and oxygen atoms in total. The molecule has 2 rings (SSSR count). The Balaban J connectivity index is 1.91. The Morgan fingerprint density at radius 2 is 2.15 bits per heavy atom. The first-order chi connectivity index (χ1) is 9.65. The van der Waals surface area contributed by atoms with Crippen LogP contribution in [0.5, 0.6) is 0 Å². The highest BCUT2D eigenvalue weighted by Crippen LogP contribution is 2.23. The van der Waals surface area contributed by atoms with Crippen molar-refractivity contribution < 1.29 is 9.21 Å². The summed E-state index contributed by atoms with van der Waals surface area (Å²) in [7, 11) is 1.99. The first-order valence-electron chi connectivity index (χ1n) is 7.68. The summed E-state index contributed by atoms with van der Waals surface area (Å²) in [5.74, 6) is 2.24. The molecule has 1 aliphatic heterocycles. The van der Waals surface area contributed by atoms with Crippen LogP contribution >= 0.6 is 0 Å². The molecule has 0 bridgehead atoms. The van der Waals surface area contributed by atoms with Crippen molar-refractivity contribution in [3.63, 3.8) is 0 Å². The number of nitrogens with zero attached hydrogens (tertiary/aromatic N) is 1. The minimum Gasteiger partial charge on any atom is -0.456 e. The molecule has 4 heteroatoms. The molecular weight excluding hydrogens is 252 g/mol. The third-order valence-corrected chi connectivity index (χ3v) is 4.26. The van der Waals surface area contributed by atoms with Crippen LogP contribution in [0.4, 0.5) is 0 Å². The number of carbonyl (C=O) groups is 1. The molecule has 1 amide bonds. The fraction of sp³-hybridized carbons (Fsp3) is 0.688. The van der Waals surface area contributed by atoms with Crippen LogP contribution in [0.3, 0.4) is 0 Å². The summed E-state index contributed by atoms with van der Waals surface area (Å²) in [5, 5.41) is 3.19. The number of nitrogens with one attached hydrogen (secondary N) is 1. The Morgan fingerprint density at radius 3 is 2.70 bits per heavy atom. The molecule has 1 N–H and O–H groups in total. The van der Waals surface area contributed by atoms with Crippen LogP contribution in [-0.2, 0) is 6.42 Å². The van der Waals surface area contributed by atoms with Gasteiger partial charge in [-0.05, 0) is 57.3 Å². The first-order valence-corrected chi connectivity index (χ1v) is 7.68. The lowest BCUT2D eigenvalue weighted by molar-refractivity contribution is 0.0653. The molecule has 0 aromatic carbocycles. The van der Waals surface area contributed by atoms with Gasteiger partial charge in [0.25, 0.3) is 5.91 Å². The molecule has 1 aliphatic rings. The minimum absolute atomic E-state index is 0.0554. The lowest BCUT2D eigenvalue weighted by Gasteiger charge is -2.31. The zero-order valence-corrected chi connectivity index (χ0v) is 12.9. The molecule has 1 aromatic heterocycles. The largest absolute Gasteiger partial charge is 0.456 e. The maximum absolute atomic E-state index is 12.4. The number of hydrogen-bond donors (Lipinski definition) is 1. The fourth-order valence-corrected chi connectivity index (χ4v) is 2.91. The van der Waals surface area contributed by atoms with E-state index in [1.54, 1.807) is 0 Å². The summed E-state index contributed by atoms with van der Waals surface area (Å²) >= 11 is 0. The van der Waals surface area contributed by atoms with E-state index < -0.39 is 0 Å². The first kappa shape index (κ1) is 15.1. The number of amides is 1. The second-order valence-electron chi connectivity index (χ2n) is 5.70. The van der Waals surface area contributed by atoms with E-state index >= 15 is 0 Å². The highest BCUT2D eigenvalue weighted by Gasteiger charge is 2.25. The Hall–Kier alpha value is -1.29. The summed E-state index contributed by atoms with van der Waals surface area (Å²) in [6, 6.07) is 1.88. The van der Waals surface area contributed by atoms with E-state index in [-0.39, 0.29) is 5.91 Å². The normalized spacial score (nSPS) is 16.6. The Kier molecular flexibility index (Phi) is 5.24.